The summed E-state index contributed by atoms with van der Waals surface area (Å²) < 4.78 is 62.3. The van der Waals surface area contributed by atoms with Gasteiger partial charge in [-0.15, -0.1) is 0 Å². The van der Waals surface area contributed by atoms with Gasteiger partial charge in [0.2, 0.25) is 23.6 Å². The number of aromatic nitrogens is 3. The monoisotopic (exact) mass is 839 g/mol. The third kappa shape index (κ3) is 9.16. The number of carbonyl (C=O) groups is 4. The predicted octanol–water partition coefficient (Wildman–Crippen LogP) is 4.38. The van der Waals surface area contributed by atoms with Gasteiger partial charge in [-0.25, -0.2) is 22.5 Å². The van der Waals surface area contributed by atoms with Crippen LogP contribution in [0.2, 0.25) is 0 Å². The molecule has 4 amide bonds. The van der Waals surface area contributed by atoms with Crippen LogP contribution < -0.4 is 21.3 Å². The minimum atomic E-state index is -1.36. The molecule has 2 saturated heterocycles. The van der Waals surface area contributed by atoms with Gasteiger partial charge in [-0.1, -0.05) is 27.7 Å². The van der Waals surface area contributed by atoms with Crippen molar-refractivity contribution in [3.8, 4) is 11.5 Å². The van der Waals surface area contributed by atoms with Crippen LogP contribution in [-0.2, 0) is 32.1 Å². The molecular formula is C43H57F4N9O4. The number of H-pyrrole nitrogens is 1. The first-order valence-corrected chi connectivity index (χ1v) is 20.7. The Labute approximate surface area is 347 Å². The van der Waals surface area contributed by atoms with E-state index in [0.717, 1.165) is 0 Å². The molecule has 8 atom stereocenters. The number of rotatable bonds is 15. The van der Waals surface area contributed by atoms with Crippen LogP contribution in [0.5, 0.6) is 0 Å². The number of hydrogen-bond donors (Lipinski definition) is 5. The lowest BCUT2D eigenvalue weighted by Gasteiger charge is -2.32. The van der Waals surface area contributed by atoms with E-state index in [9.17, 15) is 28.0 Å². The van der Waals surface area contributed by atoms with Crippen molar-refractivity contribution in [2.24, 2.45) is 11.8 Å². The number of fused-ring (bicyclic) bond motifs is 2. The largest absolute Gasteiger partial charge is 0.352 e. The van der Waals surface area contributed by atoms with E-state index in [-0.39, 0.29) is 73.9 Å². The van der Waals surface area contributed by atoms with Crippen LogP contribution in [0.3, 0.4) is 0 Å². The number of nitrogens with zero attached hydrogens (tertiary/aromatic N) is 4. The van der Waals surface area contributed by atoms with Crippen molar-refractivity contribution in [3.05, 3.63) is 53.6 Å². The van der Waals surface area contributed by atoms with Crippen LogP contribution >= 0.6 is 0 Å². The lowest BCUT2D eigenvalue weighted by molar-refractivity contribution is -0.139. The second-order valence-corrected chi connectivity index (χ2v) is 17.0. The number of halogens is 4. The summed E-state index contributed by atoms with van der Waals surface area (Å²) >= 11 is 0. The third-order valence-corrected chi connectivity index (χ3v) is 12.0. The van der Waals surface area contributed by atoms with E-state index >= 15 is 8.78 Å². The molecule has 2 aromatic heterocycles. The van der Waals surface area contributed by atoms with E-state index in [1.54, 1.807) is 72.3 Å². The zero-order valence-corrected chi connectivity index (χ0v) is 35.4. The Balaban J connectivity index is 1.41. The number of nitrogens with one attached hydrogen (secondary N) is 5. The molecule has 0 radical (unpaired) electrons. The molecule has 0 saturated carbocycles. The first-order chi connectivity index (χ1) is 28.4. The molecule has 4 aromatic rings. The highest BCUT2D eigenvalue weighted by Gasteiger charge is 2.42. The SMILES string of the molecule is CNC(C)C(=O)NC(C(=O)N1CC(F)CC1Cc1c(-c2nc3cc(F)ccc3n2CC2CC(F)CN2C(=O)C(NC(=O)C(C)NC)C(C)C)[nH]c2cc(F)ccc12)C(C)C. The van der Waals surface area contributed by atoms with E-state index in [0.29, 0.717) is 27.7 Å². The summed E-state index contributed by atoms with van der Waals surface area (Å²) in [7, 11) is 3.26. The molecule has 0 aliphatic carbocycles. The van der Waals surface area contributed by atoms with Crippen LogP contribution in [0, 0.1) is 23.5 Å². The van der Waals surface area contributed by atoms with Crippen molar-refractivity contribution in [1.82, 2.24) is 45.6 Å². The predicted molar refractivity (Wildman–Crippen MR) is 221 cm³/mol. The zero-order chi connectivity index (χ0) is 43.7. The quantitative estimate of drug-likeness (QED) is 0.111. The van der Waals surface area contributed by atoms with Crippen molar-refractivity contribution in [3.63, 3.8) is 0 Å². The Hall–Kier alpha value is -5.03. The summed E-state index contributed by atoms with van der Waals surface area (Å²) in [5, 5.41) is 12.0. The smallest absolute Gasteiger partial charge is 0.245 e. The maximum absolute atomic E-state index is 15.5. The molecule has 13 nitrogen and oxygen atoms in total. The van der Waals surface area contributed by atoms with E-state index < -0.39 is 72.0 Å². The second-order valence-electron chi connectivity index (χ2n) is 17.0. The Kier molecular flexibility index (Phi) is 13.6. The number of aromatic amines is 1. The van der Waals surface area contributed by atoms with Gasteiger partial charge in [0.15, 0.2) is 5.82 Å². The Morgan fingerprint density at radius 3 is 1.83 bits per heavy atom. The van der Waals surface area contributed by atoms with Gasteiger partial charge >= 0.3 is 0 Å². The van der Waals surface area contributed by atoms with Crippen LogP contribution in [-0.4, -0.2) is 124 Å². The van der Waals surface area contributed by atoms with Crippen LogP contribution in [0.4, 0.5) is 17.6 Å². The molecule has 17 heteroatoms. The standard InChI is InChI=1S/C43H57F4N9O4/c1-21(2)36(52-40(57)23(5)48-7)42(59)54-18-27(46)13-29(54)17-32-31-11-9-25(44)15-33(31)50-38(32)39-51-34-16-26(45)10-12-35(34)56(39)20-30-14-28(47)19-55(30)43(60)37(22(3)4)53-41(58)24(6)49-8/h9-12,15-16,21-24,27-30,36-37,48-50H,13-14,17-20H2,1-8H3,(H,52,57)(H,53,58). The maximum Gasteiger partial charge on any atom is 0.245 e. The summed E-state index contributed by atoms with van der Waals surface area (Å²) in [4.78, 5) is 65.3. The molecule has 2 aliphatic rings. The molecule has 4 heterocycles. The summed E-state index contributed by atoms with van der Waals surface area (Å²) in [6, 6.07) is 3.92. The topological polar surface area (TPSA) is 156 Å². The number of likely N-dealkylation sites (N-methyl/N-ethyl adjacent to an activating group) is 2. The second kappa shape index (κ2) is 18.3. The van der Waals surface area contributed by atoms with Crippen molar-refractivity contribution < 1.29 is 36.7 Å². The van der Waals surface area contributed by atoms with Crippen LogP contribution in [0.15, 0.2) is 36.4 Å². The maximum atomic E-state index is 15.5. The average molecular weight is 840 g/mol. The number of hydrogen-bond acceptors (Lipinski definition) is 7. The van der Waals surface area contributed by atoms with Crippen molar-refractivity contribution >= 4 is 45.6 Å². The third-order valence-electron chi connectivity index (χ3n) is 12.0. The molecule has 60 heavy (non-hydrogen) atoms. The minimum absolute atomic E-state index is 0.00401. The molecule has 6 rings (SSSR count). The number of carbonyl (C=O) groups excluding carboxylic acids is 4. The molecule has 0 spiro atoms. The Morgan fingerprint density at radius 2 is 1.28 bits per heavy atom. The fourth-order valence-corrected chi connectivity index (χ4v) is 8.38. The Morgan fingerprint density at radius 1 is 0.767 bits per heavy atom. The molecule has 5 N–H and O–H groups in total. The summed E-state index contributed by atoms with van der Waals surface area (Å²) in [5.74, 6) is -3.02. The van der Waals surface area contributed by atoms with Gasteiger partial charge in [0.05, 0.1) is 47.9 Å². The highest BCUT2D eigenvalue weighted by molar-refractivity contribution is 5.93. The highest BCUT2D eigenvalue weighted by Crippen LogP contribution is 2.37. The van der Waals surface area contributed by atoms with Gasteiger partial charge in [0, 0.05) is 42.4 Å². The van der Waals surface area contributed by atoms with Gasteiger partial charge in [-0.3, -0.25) is 19.2 Å². The molecule has 2 fully saturated rings. The summed E-state index contributed by atoms with van der Waals surface area (Å²) in [6.07, 6.45) is -2.61. The lowest BCUT2D eigenvalue weighted by Crippen LogP contribution is -2.55. The van der Waals surface area contributed by atoms with Crippen molar-refractivity contribution in [1.29, 1.82) is 0 Å². The molecule has 0 bridgehead atoms. The molecule has 2 aromatic carbocycles. The van der Waals surface area contributed by atoms with E-state index in [4.69, 9.17) is 4.98 Å². The first-order valence-electron chi connectivity index (χ1n) is 20.7. The zero-order valence-electron chi connectivity index (χ0n) is 35.4. The first kappa shape index (κ1) is 44.5. The highest BCUT2D eigenvalue weighted by atomic mass is 19.1. The fraction of sp³-hybridized carbons (Fsp3) is 0.558. The van der Waals surface area contributed by atoms with Gasteiger partial charge in [0.25, 0.3) is 0 Å². The molecular weight excluding hydrogens is 783 g/mol. The number of amides is 4. The average Bonchev–Trinajstić information content (AvgIpc) is 3.96. The number of benzene rings is 2. The lowest BCUT2D eigenvalue weighted by atomic mass is 9.98. The molecule has 326 valence electrons. The Bertz CT molecular complexity index is 2070. The fourth-order valence-electron chi connectivity index (χ4n) is 8.38. The van der Waals surface area contributed by atoms with E-state index in [1.807, 2.05) is 0 Å². The van der Waals surface area contributed by atoms with Crippen LogP contribution in [0.1, 0.15) is 59.9 Å². The molecule has 8 unspecified atom stereocenters. The van der Waals surface area contributed by atoms with Crippen LogP contribution in [0.25, 0.3) is 33.5 Å². The van der Waals surface area contributed by atoms with E-state index in [2.05, 4.69) is 26.3 Å². The van der Waals surface area contributed by atoms with E-state index in [1.165, 1.54) is 34.1 Å². The van der Waals surface area contributed by atoms with Gasteiger partial charge in [0.1, 0.15) is 36.1 Å². The number of imidazole rings is 1. The normalized spacial score (nSPS) is 21.6. The van der Waals surface area contributed by atoms with Crippen molar-refractivity contribution in [2.45, 2.75) is 116 Å². The molecule has 2 aliphatic heterocycles. The summed E-state index contributed by atoms with van der Waals surface area (Å²) in [5.41, 5.74) is 2.16. The minimum Gasteiger partial charge on any atom is -0.352 e. The van der Waals surface area contributed by atoms with Gasteiger partial charge < -0.3 is 40.6 Å². The number of alkyl halides is 2. The number of likely N-dealkylation sites (tertiary alicyclic amines) is 2. The van der Waals surface area contributed by atoms with Gasteiger partial charge in [-0.2, -0.15) is 0 Å². The van der Waals surface area contributed by atoms with Crippen molar-refractivity contribution in [2.75, 3.05) is 27.2 Å². The van der Waals surface area contributed by atoms with Gasteiger partial charge in [-0.05, 0) is 82.1 Å². The summed E-state index contributed by atoms with van der Waals surface area (Å²) in [6.45, 7) is 10.2.